The third-order valence-corrected chi connectivity index (χ3v) is 6.77. The zero-order chi connectivity index (χ0) is 23.0. The first-order chi connectivity index (χ1) is 15.9. The average molecular weight is 446 g/mol. The Balaban J connectivity index is 1.66. The Kier molecular flexibility index (Phi) is 5.53. The van der Waals surface area contributed by atoms with Gasteiger partial charge in [0.05, 0.1) is 5.56 Å². The van der Waals surface area contributed by atoms with Gasteiger partial charge in [-0.2, -0.15) is 13.2 Å². The van der Waals surface area contributed by atoms with E-state index in [4.69, 9.17) is 0 Å². The Morgan fingerprint density at radius 3 is 1.33 bits per heavy atom. The van der Waals surface area contributed by atoms with Crippen molar-refractivity contribution >= 4 is 0 Å². The maximum atomic E-state index is 14.2. The van der Waals surface area contributed by atoms with Crippen LogP contribution in [0.4, 0.5) is 17.6 Å². The number of hydrogen-bond donors (Lipinski definition) is 0. The highest BCUT2D eigenvalue weighted by Gasteiger charge is 2.52. The summed E-state index contributed by atoms with van der Waals surface area (Å²) in [6.45, 7) is 0. The summed E-state index contributed by atoms with van der Waals surface area (Å²) in [7, 11) is 0. The molecule has 0 N–H and O–H groups in total. The lowest BCUT2D eigenvalue weighted by Crippen LogP contribution is -2.40. The van der Waals surface area contributed by atoms with Gasteiger partial charge < -0.3 is 0 Å². The van der Waals surface area contributed by atoms with Gasteiger partial charge in [-0.25, -0.2) is 4.39 Å². The van der Waals surface area contributed by atoms with Crippen molar-refractivity contribution in [3.05, 3.63) is 143 Å². The van der Waals surface area contributed by atoms with E-state index in [1.807, 2.05) is 42.5 Å². The molecule has 5 rings (SSSR count). The van der Waals surface area contributed by atoms with Crippen molar-refractivity contribution in [3.63, 3.8) is 0 Å². The third-order valence-electron chi connectivity index (χ3n) is 6.77. The average Bonchev–Trinajstić information content (AvgIpc) is 2.80. The van der Waals surface area contributed by atoms with Crippen LogP contribution < -0.4 is 0 Å². The van der Waals surface area contributed by atoms with E-state index < -0.39 is 11.7 Å². The molecule has 0 saturated heterocycles. The van der Waals surface area contributed by atoms with Crippen LogP contribution in [0.15, 0.2) is 109 Å². The van der Waals surface area contributed by atoms with Gasteiger partial charge in [0, 0.05) is 0 Å². The zero-order valence-electron chi connectivity index (χ0n) is 17.7. The summed E-state index contributed by atoms with van der Waals surface area (Å²) in [6, 6.07) is 32.2. The second-order valence-electron chi connectivity index (χ2n) is 8.60. The van der Waals surface area contributed by atoms with Crippen molar-refractivity contribution in [2.45, 2.75) is 29.8 Å². The van der Waals surface area contributed by atoms with Crippen LogP contribution in [0.3, 0.4) is 0 Å². The van der Waals surface area contributed by atoms with Crippen molar-refractivity contribution in [3.8, 4) is 0 Å². The molecule has 0 heterocycles. The molecule has 0 aromatic heterocycles. The molecule has 33 heavy (non-hydrogen) atoms. The largest absolute Gasteiger partial charge is 0.416 e. The molecule has 4 atom stereocenters. The molecular formula is C29H22F4. The molecule has 1 saturated carbocycles. The van der Waals surface area contributed by atoms with E-state index in [0.717, 1.165) is 34.4 Å². The van der Waals surface area contributed by atoms with Gasteiger partial charge in [0.1, 0.15) is 5.82 Å². The highest BCUT2D eigenvalue weighted by molar-refractivity contribution is 5.48. The number of halogens is 4. The molecule has 4 aromatic rings. The second kappa shape index (κ2) is 8.51. The molecule has 1 aliphatic rings. The van der Waals surface area contributed by atoms with E-state index in [-0.39, 0.29) is 29.5 Å². The van der Waals surface area contributed by atoms with Gasteiger partial charge in [-0.1, -0.05) is 84.9 Å². The zero-order valence-corrected chi connectivity index (χ0v) is 17.7. The van der Waals surface area contributed by atoms with Gasteiger partial charge in [-0.3, -0.25) is 0 Å². The third kappa shape index (κ3) is 4.06. The summed E-state index contributed by atoms with van der Waals surface area (Å²) < 4.78 is 53.8. The fraction of sp³-hybridized carbons (Fsp3) is 0.172. The van der Waals surface area contributed by atoms with Crippen molar-refractivity contribution in [2.24, 2.45) is 0 Å². The smallest absolute Gasteiger partial charge is 0.207 e. The summed E-state index contributed by atoms with van der Waals surface area (Å²) in [6.07, 6.45) is -4.38. The predicted octanol–water partition coefficient (Wildman–Crippen LogP) is 8.29. The van der Waals surface area contributed by atoms with E-state index in [1.54, 1.807) is 24.3 Å². The monoisotopic (exact) mass is 446 g/mol. The van der Waals surface area contributed by atoms with Gasteiger partial charge in [0.25, 0.3) is 0 Å². The Morgan fingerprint density at radius 2 is 0.879 bits per heavy atom. The molecule has 4 unspecified atom stereocenters. The van der Waals surface area contributed by atoms with Gasteiger partial charge in [0.15, 0.2) is 0 Å². The topological polar surface area (TPSA) is 0 Å². The van der Waals surface area contributed by atoms with Crippen LogP contribution in [-0.2, 0) is 6.18 Å². The molecule has 1 fully saturated rings. The maximum absolute atomic E-state index is 14.2. The summed E-state index contributed by atoms with van der Waals surface area (Å²) in [5.41, 5.74) is 3.30. The normalized spacial score (nSPS) is 22.5. The maximum Gasteiger partial charge on any atom is 0.416 e. The van der Waals surface area contributed by atoms with Crippen molar-refractivity contribution < 1.29 is 17.6 Å². The molecule has 166 valence electrons. The Morgan fingerprint density at radius 1 is 0.455 bits per heavy atom. The molecule has 0 radical (unpaired) electrons. The van der Waals surface area contributed by atoms with E-state index in [1.165, 1.54) is 6.07 Å². The summed E-state index contributed by atoms with van der Waals surface area (Å²) in [5.74, 6) is -0.332. The van der Waals surface area contributed by atoms with Crippen LogP contribution in [-0.4, -0.2) is 0 Å². The van der Waals surface area contributed by atoms with E-state index in [9.17, 15) is 17.6 Å². The molecule has 4 heteroatoms. The van der Waals surface area contributed by atoms with Crippen LogP contribution in [0.2, 0.25) is 0 Å². The Labute approximate surface area is 190 Å². The molecule has 4 aromatic carbocycles. The lowest BCUT2D eigenvalue weighted by Gasteiger charge is -2.54. The minimum Gasteiger partial charge on any atom is -0.207 e. The highest BCUT2D eigenvalue weighted by Crippen LogP contribution is 2.66. The molecule has 0 amide bonds. The lowest BCUT2D eigenvalue weighted by molar-refractivity contribution is -0.137. The standard InChI is InChI=1S/C29H22F4/c30-24-13-7-12-22(18-24)28-26(20-10-5-2-6-11-20)25(19-8-3-1-4-9-19)27(28)21-14-16-23(17-15-21)29(31,32)33/h1-18,25-28H. The SMILES string of the molecule is Fc1cccc(C2C(c3ccccc3)C(c3ccccc3)C2c2ccc(C(F)(F)F)cc2)c1. The van der Waals surface area contributed by atoms with Gasteiger partial charge in [-0.05, 0) is 70.2 Å². The first-order valence-electron chi connectivity index (χ1n) is 11.0. The van der Waals surface area contributed by atoms with Gasteiger partial charge >= 0.3 is 6.18 Å². The first-order valence-corrected chi connectivity index (χ1v) is 11.0. The fourth-order valence-corrected chi connectivity index (χ4v) is 5.37. The number of alkyl halides is 3. The van der Waals surface area contributed by atoms with E-state index in [0.29, 0.717) is 0 Å². The minimum absolute atomic E-state index is 0.0543. The number of rotatable bonds is 4. The lowest BCUT2D eigenvalue weighted by atomic mass is 9.49. The summed E-state index contributed by atoms with van der Waals surface area (Å²) in [5, 5.41) is 0. The molecular weight excluding hydrogens is 424 g/mol. The fourth-order valence-electron chi connectivity index (χ4n) is 5.37. The molecule has 0 aliphatic heterocycles. The predicted molar refractivity (Wildman–Crippen MR) is 122 cm³/mol. The molecule has 0 nitrogen and oxygen atoms in total. The highest BCUT2D eigenvalue weighted by atomic mass is 19.4. The van der Waals surface area contributed by atoms with Crippen LogP contribution in [0.5, 0.6) is 0 Å². The Bertz CT molecular complexity index is 1210. The van der Waals surface area contributed by atoms with Gasteiger partial charge in [0.2, 0.25) is 0 Å². The summed E-state index contributed by atoms with van der Waals surface area (Å²) in [4.78, 5) is 0. The van der Waals surface area contributed by atoms with Crippen LogP contribution >= 0.6 is 0 Å². The van der Waals surface area contributed by atoms with Crippen molar-refractivity contribution in [1.82, 2.24) is 0 Å². The van der Waals surface area contributed by atoms with Crippen LogP contribution in [0.1, 0.15) is 51.5 Å². The van der Waals surface area contributed by atoms with Crippen LogP contribution in [0.25, 0.3) is 0 Å². The number of hydrogen-bond acceptors (Lipinski definition) is 0. The molecule has 0 spiro atoms. The van der Waals surface area contributed by atoms with Crippen molar-refractivity contribution in [2.75, 3.05) is 0 Å². The summed E-state index contributed by atoms with van der Waals surface area (Å²) >= 11 is 0. The number of benzene rings is 4. The van der Waals surface area contributed by atoms with E-state index in [2.05, 4.69) is 24.3 Å². The molecule has 1 aliphatic carbocycles. The van der Waals surface area contributed by atoms with Gasteiger partial charge in [-0.15, -0.1) is 0 Å². The first kappa shape index (κ1) is 21.4. The van der Waals surface area contributed by atoms with Crippen LogP contribution in [0, 0.1) is 5.82 Å². The van der Waals surface area contributed by atoms with Crippen molar-refractivity contribution in [1.29, 1.82) is 0 Å². The Hall–Kier alpha value is -3.40. The minimum atomic E-state index is -4.38. The quantitative estimate of drug-likeness (QED) is 0.277. The van der Waals surface area contributed by atoms with E-state index >= 15 is 0 Å². The molecule has 0 bridgehead atoms. The second-order valence-corrected chi connectivity index (χ2v) is 8.60.